The summed E-state index contributed by atoms with van der Waals surface area (Å²) < 4.78 is 0. The first-order valence-corrected chi connectivity index (χ1v) is 13.7. The Kier molecular flexibility index (Phi) is 5.02. The minimum absolute atomic E-state index is 0.0894. The van der Waals surface area contributed by atoms with Gasteiger partial charge in [0.1, 0.15) is 0 Å². The van der Waals surface area contributed by atoms with Crippen molar-refractivity contribution in [1.82, 2.24) is 0 Å². The van der Waals surface area contributed by atoms with Crippen molar-refractivity contribution in [2.75, 3.05) is 0 Å². The van der Waals surface area contributed by atoms with Gasteiger partial charge in [-0.3, -0.25) is 0 Å². The van der Waals surface area contributed by atoms with Crippen LogP contribution in [0.25, 0.3) is 0 Å². The Labute approximate surface area is 197 Å². The average molecular weight is 443 g/mol. The largest absolute Gasteiger partial charge is 0.392 e. The third-order valence-electron chi connectivity index (χ3n) is 13.6. The summed E-state index contributed by atoms with van der Waals surface area (Å²) in [6.07, 6.45) is 10.2. The maximum Gasteiger partial charge on any atom is 0.0624 e. The van der Waals surface area contributed by atoms with Crippen LogP contribution >= 0.6 is 0 Å². The minimum Gasteiger partial charge on any atom is -0.392 e. The van der Waals surface area contributed by atoms with Gasteiger partial charge in [-0.2, -0.15) is 0 Å². The Morgan fingerprint density at radius 2 is 1.44 bits per heavy atom. The molecule has 32 heavy (non-hydrogen) atoms. The van der Waals surface area contributed by atoms with Crippen LogP contribution in [0.1, 0.15) is 106 Å². The molecule has 3 unspecified atom stereocenters. The van der Waals surface area contributed by atoms with Crippen molar-refractivity contribution < 1.29 is 10.2 Å². The lowest BCUT2D eigenvalue weighted by Crippen LogP contribution is -2.69. The van der Waals surface area contributed by atoms with E-state index in [2.05, 4.69) is 55.0 Å². The molecule has 0 amide bonds. The molecule has 5 aliphatic rings. The third kappa shape index (κ3) is 2.61. The summed E-state index contributed by atoms with van der Waals surface area (Å²) in [5.74, 6) is 3.22. The summed E-state index contributed by atoms with van der Waals surface area (Å²) >= 11 is 0. The highest BCUT2D eigenvalue weighted by atomic mass is 16.3. The molecule has 5 saturated carbocycles. The zero-order valence-corrected chi connectivity index (χ0v) is 22.0. The monoisotopic (exact) mass is 442 g/mol. The lowest BCUT2D eigenvalue weighted by molar-refractivity contribution is -0.273. The Hall–Kier alpha value is -0.340. The van der Waals surface area contributed by atoms with E-state index < -0.39 is 6.10 Å². The smallest absolute Gasteiger partial charge is 0.0624 e. The normalized spacial score (nSPS) is 58.8. The summed E-state index contributed by atoms with van der Waals surface area (Å²) in [5.41, 5.74) is 2.32. The molecule has 0 aliphatic heterocycles. The number of allylic oxidation sites excluding steroid dienone is 1. The molecule has 182 valence electrons. The van der Waals surface area contributed by atoms with Crippen molar-refractivity contribution >= 4 is 0 Å². The highest BCUT2D eigenvalue weighted by Gasteiger charge is 2.71. The predicted octanol–water partition coefficient (Wildman–Crippen LogP) is 7.00. The second-order valence-corrected chi connectivity index (χ2v) is 14.8. The molecule has 0 radical (unpaired) electrons. The molecule has 2 heteroatoms. The topological polar surface area (TPSA) is 40.5 Å². The van der Waals surface area contributed by atoms with Crippen molar-refractivity contribution in [3.05, 3.63) is 12.2 Å². The van der Waals surface area contributed by atoms with Gasteiger partial charge in [0.2, 0.25) is 0 Å². The summed E-state index contributed by atoms with van der Waals surface area (Å²) in [7, 11) is 0. The van der Waals surface area contributed by atoms with E-state index in [1.807, 2.05) is 0 Å². The molecule has 5 aliphatic carbocycles. The maximum atomic E-state index is 11.5. The SMILES string of the molecule is C=C(C)[C@@H]1CC[C@]2(C)CC[C@]3(C)[C@H](CCC4[C@]5(C)C(CC[C@]43C)C(C)(C)[C@H](O)C[C@H]5O)C12. The summed E-state index contributed by atoms with van der Waals surface area (Å²) in [4.78, 5) is 0. The average Bonchev–Trinajstić information content (AvgIpc) is 3.05. The number of hydrogen-bond donors (Lipinski definition) is 2. The Morgan fingerprint density at radius 3 is 2.09 bits per heavy atom. The summed E-state index contributed by atoms with van der Waals surface area (Å²) in [6, 6.07) is 0. The molecule has 2 nitrogen and oxygen atoms in total. The first-order valence-electron chi connectivity index (χ1n) is 13.7. The highest BCUT2D eigenvalue weighted by Crippen LogP contribution is 2.77. The molecule has 0 heterocycles. The third-order valence-corrected chi connectivity index (χ3v) is 13.6. The van der Waals surface area contributed by atoms with E-state index in [0.29, 0.717) is 35.0 Å². The van der Waals surface area contributed by atoms with Crippen LogP contribution < -0.4 is 0 Å². The molecule has 5 fully saturated rings. The van der Waals surface area contributed by atoms with Crippen molar-refractivity contribution in [1.29, 1.82) is 0 Å². The molecule has 0 aromatic rings. The molecule has 2 N–H and O–H groups in total. The Bertz CT molecular complexity index is 801. The number of aliphatic hydroxyl groups is 2. The van der Waals surface area contributed by atoms with Gasteiger partial charge in [-0.15, -0.1) is 0 Å². The van der Waals surface area contributed by atoms with E-state index in [4.69, 9.17) is 0 Å². The van der Waals surface area contributed by atoms with Gasteiger partial charge in [-0.1, -0.05) is 53.7 Å². The van der Waals surface area contributed by atoms with Gasteiger partial charge in [0.25, 0.3) is 0 Å². The number of rotatable bonds is 1. The molecule has 11 atom stereocenters. The van der Waals surface area contributed by atoms with Crippen molar-refractivity contribution in [2.45, 2.75) is 118 Å². The molecule has 0 aromatic carbocycles. The van der Waals surface area contributed by atoms with Crippen LogP contribution in [0.15, 0.2) is 12.2 Å². The van der Waals surface area contributed by atoms with Crippen molar-refractivity contribution in [3.8, 4) is 0 Å². The fourth-order valence-corrected chi connectivity index (χ4v) is 11.4. The summed E-state index contributed by atoms with van der Waals surface area (Å²) in [5, 5.41) is 22.4. The van der Waals surface area contributed by atoms with Gasteiger partial charge in [-0.25, -0.2) is 0 Å². The molecule has 0 bridgehead atoms. The lowest BCUT2D eigenvalue weighted by atomic mass is 9.32. The molecular formula is C30H50O2. The Balaban J connectivity index is 1.57. The maximum absolute atomic E-state index is 11.5. The van der Waals surface area contributed by atoms with E-state index in [0.717, 1.165) is 18.3 Å². The first kappa shape index (κ1) is 23.4. The van der Waals surface area contributed by atoms with Gasteiger partial charge in [0.15, 0.2) is 0 Å². The predicted molar refractivity (Wildman–Crippen MR) is 132 cm³/mol. The van der Waals surface area contributed by atoms with Gasteiger partial charge < -0.3 is 10.2 Å². The molecule has 0 spiro atoms. The Morgan fingerprint density at radius 1 is 0.750 bits per heavy atom. The van der Waals surface area contributed by atoms with Crippen LogP contribution in [0, 0.1) is 56.7 Å². The summed E-state index contributed by atoms with van der Waals surface area (Å²) in [6.45, 7) is 21.6. The zero-order chi connectivity index (χ0) is 23.5. The number of hydrogen-bond acceptors (Lipinski definition) is 2. The molecule has 5 rings (SSSR count). The van der Waals surface area contributed by atoms with E-state index in [1.165, 1.54) is 50.5 Å². The fourth-order valence-electron chi connectivity index (χ4n) is 11.4. The van der Waals surface area contributed by atoms with Crippen LogP contribution in [0.4, 0.5) is 0 Å². The van der Waals surface area contributed by atoms with Crippen molar-refractivity contribution in [2.24, 2.45) is 56.7 Å². The van der Waals surface area contributed by atoms with Gasteiger partial charge >= 0.3 is 0 Å². The highest BCUT2D eigenvalue weighted by molar-refractivity contribution is 5.22. The van der Waals surface area contributed by atoms with Crippen LogP contribution in [-0.4, -0.2) is 22.4 Å². The van der Waals surface area contributed by atoms with E-state index in [-0.39, 0.29) is 22.3 Å². The van der Waals surface area contributed by atoms with Crippen molar-refractivity contribution in [3.63, 3.8) is 0 Å². The second kappa shape index (κ2) is 6.87. The van der Waals surface area contributed by atoms with E-state index >= 15 is 0 Å². The van der Waals surface area contributed by atoms with Crippen LogP contribution in [0.3, 0.4) is 0 Å². The zero-order valence-electron chi connectivity index (χ0n) is 22.0. The molecule has 0 saturated heterocycles. The van der Waals surface area contributed by atoms with Crippen LogP contribution in [0.5, 0.6) is 0 Å². The van der Waals surface area contributed by atoms with Gasteiger partial charge in [0.05, 0.1) is 12.2 Å². The minimum atomic E-state index is -0.392. The van der Waals surface area contributed by atoms with E-state index in [1.54, 1.807) is 0 Å². The number of fused-ring (bicyclic) bond motifs is 7. The van der Waals surface area contributed by atoms with Gasteiger partial charge in [-0.05, 0) is 110 Å². The van der Waals surface area contributed by atoms with Crippen LogP contribution in [0.2, 0.25) is 0 Å². The van der Waals surface area contributed by atoms with Crippen LogP contribution in [-0.2, 0) is 0 Å². The quantitative estimate of drug-likeness (QED) is 0.429. The van der Waals surface area contributed by atoms with Gasteiger partial charge in [0, 0.05) is 11.8 Å². The second-order valence-electron chi connectivity index (χ2n) is 14.8. The van der Waals surface area contributed by atoms with E-state index in [9.17, 15) is 10.2 Å². The molecular weight excluding hydrogens is 392 g/mol. The first-order chi connectivity index (χ1) is 14.7. The standard InChI is InChI=1S/C30H50O2/c1-18(2)19-11-13-27(5)15-16-28(6)20(25(19)27)9-10-22-29(28,7)14-12-21-26(3,4)23(31)17-24(32)30(21,22)8/h19-25,31-32H,1,9-17H2,2-8H3/t19-,20+,21?,22?,23+,24+,25?,27+,28+,29+,30-/m0/s1. The lowest BCUT2D eigenvalue weighted by Gasteiger charge is -2.73. The molecule has 0 aromatic heterocycles. The fraction of sp³-hybridized carbons (Fsp3) is 0.933. The number of aliphatic hydroxyl groups excluding tert-OH is 2.